The van der Waals surface area contributed by atoms with Crippen LogP contribution < -0.4 is 0 Å². The first kappa shape index (κ1) is 14.6. The van der Waals surface area contributed by atoms with Crippen LogP contribution in [0.25, 0.3) is 0 Å². The van der Waals surface area contributed by atoms with E-state index in [2.05, 4.69) is 37.3 Å². The van der Waals surface area contributed by atoms with Crippen molar-refractivity contribution < 1.29 is 4.74 Å². The molecule has 106 valence electrons. The molecule has 0 aromatic rings. The van der Waals surface area contributed by atoms with Gasteiger partial charge in [-0.05, 0) is 69.3 Å². The lowest BCUT2D eigenvalue weighted by Gasteiger charge is -2.30. The maximum atomic E-state index is 5.36. The first-order valence-electron chi connectivity index (χ1n) is 7.85. The van der Waals surface area contributed by atoms with Crippen LogP contribution in [0.5, 0.6) is 0 Å². The number of hydrogen-bond donors (Lipinski definition) is 0. The van der Waals surface area contributed by atoms with Crippen molar-refractivity contribution in [2.24, 2.45) is 11.8 Å². The molecule has 0 aromatic heterocycles. The van der Waals surface area contributed by atoms with E-state index in [1.165, 1.54) is 38.5 Å². The average molecular weight is 260 g/mol. The lowest BCUT2D eigenvalue weighted by atomic mass is 9.76. The molecule has 1 atom stereocenters. The molecule has 0 N–H and O–H groups in total. The van der Waals surface area contributed by atoms with Gasteiger partial charge in [-0.1, -0.05) is 30.4 Å². The molecule has 1 heteroatoms. The van der Waals surface area contributed by atoms with E-state index in [4.69, 9.17) is 4.74 Å². The van der Waals surface area contributed by atoms with Gasteiger partial charge in [-0.15, -0.1) is 0 Å². The molecule has 0 saturated heterocycles. The molecule has 2 aliphatic carbocycles. The van der Waals surface area contributed by atoms with Crippen LogP contribution in [0.2, 0.25) is 0 Å². The van der Waals surface area contributed by atoms with Crippen molar-refractivity contribution in [1.82, 2.24) is 0 Å². The first-order valence-corrected chi connectivity index (χ1v) is 7.85. The SMILES string of the molecule is C/C=C/CCC1CCC(C2=CCC(OC)C=C2)CC1. The van der Waals surface area contributed by atoms with E-state index in [9.17, 15) is 0 Å². The largest absolute Gasteiger partial charge is 0.377 e. The highest BCUT2D eigenvalue weighted by molar-refractivity contribution is 5.27. The molecule has 19 heavy (non-hydrogen) atoms. The van der Waals surface area contributed by atoms with Gasteiger partial charge in [0.2, 0.25) is 0 Å². The molecule has 0 aliphatic heterocycles. The van der Waals surface area contributed by atoms with Crippen LogP contribution in [0.15, 0.2) is 36.0 Å². The Hall–Kier alpha value is -0.820. The quantitative estimate of drug-likeness (QED) is 0.628. The molecule has 2 rings (SSSR count). The van der Waals surface area contributed by atoms with E-state index in [0.29, 0.717) is 6.10 Å². The predicted octanol–water partition coefficient (Wildman–Crippen LogP) is 5.05. The minimum Gasteiger partial charge on any atom is -0.377 e. The monoisotopic (exact) mass is 260 g/mol. The highest BCUT2D eigenvalue weighted by Gasteiger charge is 2.23. The van der Waals surface area contributed by atoms with Gasteiger partial charge in [0.05, 0.1) is 6.10 Å². The summed E-state index contributed by atoms with van der Waals surface area (Å²) >= 11 is 0. The van der Waals surface area contributed by atoms with Gasteiger partial charge < -0.3 is 4.74 Å². The summed E-state index contributed by atoms with van der Waals surface area (Å²) in [5.74, 6) is 1.78. The number of allylic oxidation sites excluding steroid dienone is 4. The Morgan fingerprint density at radius 2 is 2.05 bits per heavy atom. The van der Waals surface area contributed by atoms with E-state index >= 15 is 0 Å². The molecular weight excluding hydrogens is 232 g/mol. The molecule has 2 aliphatic rings. The molecule has 0 spiro atoms. The molecule has 1 saturated carbocycles. The van der Waals surface area contributed by atoms with E-state index in [1.807, 2.05) is 0 Å². The number of hydrogen-bond acceptors (Lipinski definition) is 1. The lowest BCUT2D eigenvalue weighted by Crippen LogP contribution is -2.18. The molecule has 0 radical (unpaired) electrons. The Kier molecular flexibility index (Phi) is 5.91. The van der Waals surface area contributed by atoms with Crippen molar-refractivity contribution in [3.63, 3.8) is 0 Å². The second-order valence-corrected chi connectivity index (χ2v) is 5.94. The van der Waals surface area contributed by atoms with Gasteiger partial charge >= 0.3 is 0 Å². The van der Waals surface area contributed by atoms with E-state index < -0.39 is 0 Å². The standard InChI is InChI=1S/C18H28O/c1-3-4-5-6-15-7-9-16(10-8-15)17-11-13-18(19-2)14-12-17/h3-4,11-13,15-16,18H,5-10,14H2,1-2H3/b4-3+. The first-order chi connectivity index (χ1) is 9.33. The number of rotatable bonds is 5. The van der Waals surface area contributed by atoms with Gasteiger partial charge in [0.15, 0.2) is 0 Å². The molecule has 1 unspecified atom stereocenters. The fourth-order valence-corrected chi connectivity index (χ4v) is 3.38. The maximum absolute atomic E-state index is 5.36. The molecule has 0 heterocycles. The minimum absolute atomic E-state index is 0.306. The Bertz CT molecular complexity index is 343. The number of methoxy groups -OCH3 is 1. The summed E-state index contributed by atoms with van der Waals surface area (Å²) in [7, 11) is 1.80. The molecule has 1 nitrogen and oxygen atoms in total. The van der Waals surface area contributed by atoms with Crippen molar-refractivity contribution in [1.29, 1.82) is 0 Å². The topological polar surface area (TPSA) is 9.23 Å². The van der Waals surface area contributed by atoms with Crippen molar-refractivity contribution in [3.05, 3.63) is 36.0 Å². The van der Waals surface area contributed by atoms with Gasteiger partial charge in [0.1, 0.15) is 0 Å². The van der Waals surface area contributed by atoms with Crippen molar-refractivity contribution in [2.45, 2.75) is 58.0 Å². The van der Waals surface area contributed by atoms with Gasteiger partial charge in [0, 0.05) is 7.11 Å². The summed E-state index contributed by atoms with van der Waals surface area (Å²) in [6.07, 6.45) is 21.0. The third-order valence-corrected chi connectivity index (χ3v) is 4.69. The summed E-state index contributed by atoms with van der Waals surface area (Å²) in [6.45, 7) is 2.12. The van der Waals surface area contributed by atoms with Crippen LogP contribution in [0.4, 0.5) is 0 Å². The van der Waals surface area contributed by atoms with Crippen molar-refractivity contribution >= 4 is 0 Å². The Balaban J connectivity index is 1.74. The fourth-order valence-electron chi connectivity index (χ4n) is 3.38. The zero-order valence-electron chi connectivity index (χ0n) is 12.5. The van der Waals surface area contributed by atoms with Crippen LogP contribution in [-0.2, 0) is 4.74 Å². The molecule has 1 fully saturated rings. The summed E-state index contributed by atoms with van der Waals surface area (Å²) in [5.41, 5.74) is 1.57. The van der Waals surface area contributed by atoms with Gasteiger partial charge in [-0.3, -0.25) is 0 Å². The van der Waals surface area contributed by atoms with Gasteiger partial charge in [-0.25, -0.2) is 0 Å². The lowest BCUT2D eigenvalue weighted by molar-refractivity contribution is 0.141. The Morgan fingerprint density at radius 1 is 1.26 bits per heavy atom. The Labute approximate surface area is 118 Å². The third kappa shape index (κ3) is 4.35. The van der Waals surface area contributed by atoms with Gasteiger partial charge in [0.25, 0.3) is 0 Å². The second kappa shape index (κ2) is 7.69. The Morgan fingerprint density at radius 3 is 2.63 bits per heavy atom. The normalized spacial score (nSPS) is 31.7. The van der Waals surface area contributed by atoms with Crippen LogP contribution in [0.3, 0.4) is 0 Å². The summed E-state index contributed by atoms with van der Waals surface area (Å²) in [4.78, 5) is 0. The third-order valence-electron chi connectivity index (χ3n) is 4.69. The van der Waals surface area contributed by atoms with E-state index in [1.54, 1.807) is 12.7 Å². The van der Waals surface area contributed by atoms with E-state index in [0.717, 1.165) is 18.3 Å². The molecular formula is C18H28O. The molecule has 0 amide bonds. The summed E-state index contributed by atoms with van der Waals surface area (Å²) in [6, 6.07) is 0. The summed E-state index contributed by atoms with van der Waals surface area (Å²) < 4.78 is 5.36. The predicted molar refractivity (Wildman–Crippen MR) is 82.1 cm³/mol. The molecule has 0 aromatic carbocycles. The second-order valence-electron chi connectivity index (χ2n) is 5.94. The van der Waals surface area contributed by atoms with E-state index in [-0.39, 0.29) is 0 Å². The van der Waals surface area contributed by atoms with Crippen LogP contribution in [0, 0.1) is 11.8 Å². The van der Waals surface area contributed by atoms with Gasteiger partial charge in [-0.2, -0.15) is 0 Å². The zero-order chi connectivity index (χ0) is 13.5. The average Bonchev–Trinajstić information content (AvgIpc) is 2.48. The highest BCUT2D eigenvalue weighted by Crippen LogP contribution is 2.37. The fraction of sp³-hybridized carbons (Fsp3) is 0.667. The summed E-state index contributed by atoms with van der Waals surface area (Å²) in [5, 5.41) is 0. The maximum Gasteiger partial charge on any atom is 0.0789 e. The van der Waals surface area contributed by atoms with Crippen LogP contribution >= 0.6 is 0 Å². The molecule has 0 bridgehead atoms. The van der Waals surface area contributed by atoms with Crippen molar-refractivity contribution in [3.8, 4) is 0 Å². The highest BCUT2D eigenvalue weighted by atomic mass is 16.5. The van der Waals surface area contributed by atoms with Crippen LogP contribution in [-0.4, -0.2) is 13.2 Å². The van der Waals surface area contributed by atoms with Crippen LogP contribution in [0.1, 0.15) is 51.9 Å². The zero-order valence-corrected chi connectivity index (χ0v) is 12.5. The van der Waals surface area contributed by atoms with Crippen molar-refractivity contribution in [2.75, 3.05) is 7.11 Å². The smallest absolute Gasteiger partial charge is 0.0789 e. The minimum atomic E-state index is 0.306. The number of ether oxygens (including phenoxy) is 1.